The molecule has 2 N–H and O–H groups in total. The summed E-state index contributed by atoms with van der Waals surface area (Å²) in [6, 6.07) is 7.89. The molecule has 0 spiro atoms. The second-order valence-electron chi connectivity index (χ2n) is 5.02. The van der Waals surface area contributed by atoms with Crippen molar-refractivity contribution in [2.45, 2.75) is 37.5 Å². The van der Waals surface area contributed by atoms with Crippen LogP contribution in [0.25, 0.3) is 0 Å². The standard InChI is InChI=1S/C15H22ClNO2S/c1-15(17-2,14(18)19)9-3-4-10-20-11-12-5-7-13(16)8-6-12/h5-8,17H,3-4,9-11H2,1-2H3,(H,18,19). The van der Waals surface area contributed by atoms with Gasteiger partial charge in [-0.2, -0.15) is 11.8 Å². The lowest BCUT2D eigenvalue weighted by Gasteiger charge is -2.23. The lowest BCUT2D eigenvalue weighted by Crippen LogP contribution is -2.47. The molecule has 0 bridgehead atoms. The van der Waals surface area contributed by atoms with Crippen LogP contribution in [-0.2, 0) is 10.5 Å². The van der Waals surface area contributed by atoms with Gasteiger partial charge in [-0.15, -0.1) is 0 Å². The van der Waals surface area contributed by atoms with E-state index < -0.39 is 11.5 Å². The molecule has 0 fully saturated rings. The molecule has 0 aromatic heterocycles. The quantitative estimate of drug-likeness (QED) is 0.680. The normalized spacial score (nSPS) is 13.9. The lowest BCUT2D eigenvalue weighted by molar-refractivity contribution is -0.144. The molecule has 5 heteroatoms. The van der Waals surface area contributed by atoms with Crippen LogP contribution in [0.1, 0.15) is 31.7 Å². The average molecular weight is 316 g/mol. The summed E-state index contributed by atoms with van der Waals surface area (Å²) < 4.78 is 0. The van der Waals surface area contributed by atoms with E-state index in [9.17, 15) is 4.79 Å². The van der Waals surface area contributed by atoms with Crippen LogP contribution in [0.2, 0.25) is 5.02 Å². The van der Waals surface area contributed by atoms with Crippen molar-refractivity contribution in [2.75, 3.05) is 12.8 Å². The van der Waals surface area contributed by atoms with E-state index in [0.29, 0.717) is 6.42 Å². The number of benzene rings is 1. The number of aliphatic carboxylic acids is 1. The first-order chi connectivity index (χ1) is 9.48. The Labute approximate surface area is 130 Å². The Bertz CT molecular complexity index is 424. The van der Waals surface area contributed by atoms with Gasteiger partial charge in [0.1, 0.15) is 5.54 Å². The molecule has 0 aliphatic heterocycles. The molecule has 1 aromatic rings. The largest absolute Gasteiger partial charge is 0.480 e. The van der Waals surface area contributed by atoms with E-state index in [1.807, 2.05) is 36.0 Å². The Morgan fingerprint density at radius 2 is 2.00 bits per heavy atom. The van der Waals surface area contributed by atoms with Gasteiger partial charge >= 0.3 is 5.97 Å². The predicted octanol–water partition coefficient (Wildman–Crippen LogP) is 3.81. The van der Waals surface area contributed by atoms with Crippen LogP contribution in [0.15, 0.2) is 24.3 Å². The molecule has 0 amide bonds. The molecule has 0 aliphatic carbocycles. The number of halogens is 1. The third kappa shape index (κ3) is 5.73. The zero-order chi connectivity index (χ0) is 15.0. The SMILES string of the molecule is CNC(C)(CCCCSCc1ccc(Cl)cc1)C(=O)O. The van der Waals surface area contributed by atoms with Gasteiger partial charge in [0.25, 0.3) is 0 Å². The minimum Gasteiger partial charge on any atom is -0.480 e. The van der Waals surface area contributed by atoms with Gasteiger partial charge in [-0.25, -0.2) is 0 Å². The van der Waals surface area contributed by atoms with E-state index in [4.69, 9.17) is 16.7 Å². The summed E-state index contributed by atoms with van der Waals surface area (Å²) in [5, 5.41) is 12.8. The third-order valence-electron chi connectivity index (χ3n) is 3.42. The number of hydrogen-bond donors (Lipinski definition) is 2. The molecule has 0 saturated carbocycles. The minimum atomic E-state index is -0.805. The molecule has 1 aromatic carbocycles. The maximum atomic E-state index is 11.1. The van der Waals surface area contributed by atoms with Gasteiger partial charge < -0.3 is 10.4 Å². The fraction of sp³-hybridized carbons (Fsp3) is 0.533. The zero-order valence-corrected chi connectivity index (χ0v) is 13.6. The van der Waals surface area contributed by atoms with E-state index in [-0.39, 0.29) is 0 Å². The van der Waals surface area contributed by atoms with Crippen LogP contribution in [0.3, 0.4) is 0 Å². The number of nitrogens with one attached hydrogen (secondary N) is 1. The highest BCUT2D eigenvalue weighted by atomic mass is 35.5. The first-order valence-corrected chi connectivity index (χ1v) is 8.26. The van der Waals surface area contributed by atoms with E-state index >= 15 is 0 Å². The summed E-state index contributed by atoms with van der Waals surface area (Å²) >= 11 is 7.70. The third-order valence-corrected chi connectivity index (χ3v) is 4.79. The van der Waals surface area contributed by atoms with Crippen molar-refractivity contribution in [3.05, 3.63) is 34.9 Å². The lowest BCUT2D eigenvalue weighted by atomic mass is 9.95. The van der Waals surface area contributed by atoms with Crippen LogP contribution >= 0.6 is 23.4 Å². The maximum absolute atomic E-state index is 11.1. The van der Waals surface area contributed by atoms with Gasteiger partial charge in [0.05, 0.1) is 0 Å². The first-order valence-electron chi connectivity index (χ1n) is 6.72. The topological polar surface area (TPSA) is 49.3 Å². The van der Waals surface area contributed by atoms with Crippen molar-refractivity contribution in [2.24, 2.45) is 0 Å². The summed E-state index contributed by atoms with van der Waals surface area (Å²) in [6.07, 6.45) is 2.60. The minimum absolute atomic E-state index is 0.653. The molecule has 1 rings (SSSR count). The number of hydrogen-bond acceptors (Lipinski definition) is 3. The second kappa shape index (κ2) is 8.55. The van der Waals surface area contributed by atoms with Crippen molar-refractivity contribution >= 4 is 29.3 Å². The Hall–Kier alpha value is -0.710. The molecule has 0 aliphatic rings. The van der Waals surface area contributed by atoms with Gasteiger partial charge in [0.2, 0.25) is 0 Å². The molecule has 1 unspecified atom stereocenters. The summed E-state index contributed by atoms with van der Waals surface area (Å²) in [6.45, 7) is 1.73. The Morgan fingerprint density at radius 1 is 1.35 bits per heavy atom. The molecule has 1 atom stereocenters. The molecule has 20 heavy (non-hydrogen) atoms. The van der Waals surface area contributed by atoms with Crippen LogP contribution in [-0.4, -0.2) is 29.4 Å². The molecule has 0 radical (unpaired) electrons. The van der Waals surface area contributed by atoms with Crippen LogP contribution < -0.4 is 5.32 Å². The Kier molecular flexibility index (Phi) is 7.41. The smallest absolute Gasteiger partial charge is 0.323 e. The highest BCUT2D eigenvalue weighted by Crippen LogP contribution is 2.19. The number of rotatable bonds is 9. The number of carboxylic acids is 1. The molecular weight excluding hydrogens is 294 g/mol. The number of likely N-dealkylation sites (N-methyl/N-ethyl adjacent to an activating group) is 1. The number of thioether (sulfide) groups is 1. The van der Waals surface area contributed by atoms with Crippen molar-refractivity contribution in [1.29, 1.82) is 0 Å². The zero-order valence-electron chi connectivity index (χ0n) is 12.0. The summed E-state index contributed by atoms with van der Waals surface area (Å²) in [5.41, 5.74) is 0.464. The highest BCUT2D eigenvalue weighted by molar-refractivity contribution is 7.98. The predicted molar refractivity (Wildman–Crippen MR) is 86.6 cm³/mol. The molecular formula is C15H22ClNO2S. The second-order valence-corrected chi connectivity index (χ2v) is 6.57. The Morgan fingerprint density at radius 3 is 2.55 bits per heavy atom. The van der Waals surface area contributed by atoms with Crippen molar-refractivity contribution < 1.29 is 9.90 Å². The fourth-order valence-corrected chi connectivity index (χ4v) is 2.90. The van der Waals surface area contributed by atoms with Crippen molar-refractivity contribution in [3.63, 3.8) is 0 Å². The van der Waals surface area contributed by atoms with Gasteiger partial charge in [-0.1, -0.05) is 30.2 Å². The van der Waals surface area contributed by atoms with Gasteiger partial charge in [0, 0.05) is 10.8 Å². The monoisotopic (exact) mass is 315 g/mol. The fourth-order valence-electron chi connectivity index (χ4n) is 1.79. The molecule has 112 valence electrons. The summed E-state index contributed by atoms with van der Waals surface area (Å²) in [4.78, 5) is 11.1. The van der Waals surface area contributed by atoms with Gasteiger partial charge in [-0.05, 0) is 50.3 Å². The van der Waals surface area contributed by atoms with E-state index in [2.05, 4.69) is 5.32 Å². The molecule has 0 heterocycles. The van der Waals surface area contributed by atoms with E-state index in [1.54, 1.807) is 14.0 Å². The molecule has 3 nitrogen and oxygen atoms in total. The summed E-state index contributed by atoms with van der Waals surface area (Å²) in [7, 11) is 1.70. The highest BCUT2D eigenvalue weighted by Gasteiger charge is 2.29. The van der Waals surface area contributed by atoms with E-state index in [1.165, 1.54) is 5.56 Å². The van der Waals surface area contributed by atoms with E-state index in [0.717, 1.165) is 29.4 Å². The maximum Gasteiger partial charge on any atom is 0.323 e. The van der Waals surface area contributed by atoms with Crippen molar-refractivity contribution in [1.82, 2.24) is 5.32 Å². The van der Waals surface area contributed by atoms with Crippen LogP contribution in [0.4, 0.5) is 0 Å². The molecule has 0 saturated heterocycles. The Balaban J connectivity index is 2.16. The first kappa shape index (κ1) is 17.3. The number of carbonyl (C=O) groups is 1. The number of unbranched alkanes of at least 4 members (excludes halogenated alkanes) is 1. The van der Waals surface area contributed by atoms with Crippen LogP contribution in [0, 0.1) is 0 Å². The van der Waals surface area contributed by atoms with Crippen LogP contribution in [0.5, 0.6) is 0 Å². The van der Waals surface area contributed by atoms with Crippen molar-refractivity contribution in [3.8, 4) is 0 Å². The summed E-state index contributed by atoms with van der Waals surface area (Å²) in [5.74, 6) is 1.23. The van der Waals surface area contributed by atoms with Gasteiger partial charge in [0.15, 0.2) is 0 Å². The van der Waals surface area contributed by atoms with Gasteiger partial charge in [-0.3, -0.25) is 4.79 Å². The number of carboxylic acid groups (broad SMARTS) is 1. The average Bonchev–Trinajstić information content (AvgIpc) is 2.44.